The van der Waals surface area contributed by atoms with Gasteiger partial charge in [0.25, 0.3) is 40.5 Å². The van der Waals surface area contributed by atoms with Crippen molar-refractivity contribution in [1.29, 1.82) is 0 Å². The number of benzene rings is 4. The molecular formula is C24H20NiO12S4-4. The van der Waals surface area contributed by atoms with Gasteiger partial charge in [0.15, 0.2) is 0 Å². The molecule has 0 saturated heterocycles. The standard InChI is InChI=1S/4C6H5O3S.Ni/c4*7-10(8,9)6-4-2-1-3-5-6;/h4*2-5H,(H,7,8,9);/q4*-1;. The summed E-state index contributed by atoms with van der Waals surface area (Å²) in [5.41, 5.74) is 0. The largest absolute Gasteiger partial charge is 0.283 e. The van der Waals surface area contributed by atoms with Gasteiger partial charge in [-0.1, -0.05) is 0 Å². The van der Waals surface area contributed by atoms with Crippen LogP contribution in [-0.4, -0.2) is 51.9 Å². The third kappa shape index (κ3) is 16.1. The third-order valence-corrected chi connectivity index (χ3v) is 7.41. The van der Waals surface area contributed by atoms with E-state index in [0.717, 1.165) is 0 Å². The molecule has 0 radical (unpaired) electrons. The molecule has 0 heterocycles. The Labute approximate surface area is 248 Å². The Balaban J connectivity index is 0.000000516. The van der Waals surface area contributed by atoms with Crippen molar-refractivity contribution in [2.75, 3.05) is 0 Å². The first-order valence-corrected chi connectivity index (χ1v) is 15.9. The zero-order chi connectivity index (χ0) is 30.5. The fourth-order valence-electron chi connectivity index (χ4n) is 2.17. The van der Waals surface area contributed by atoms with Crippen LogP contribution in [0.25, 0.3) is 0 Å². The van der Waals surface area contributed by atoms with Crippen LogP contribution in [0, 0.1) is 24.3 Å². The molecule has 0 aliphatic rings. The van der Waals surface area contributed by atoms with Crippen LogP contribution in [0.15, 0.2) is 117 Å². The molecule has 0 unspecified atom stereocenters. The maximum atomic E-state index is 10.4. The minimum absolute atomic E-state index is 0. The van der Waals surface area contributed by atoms with Crippen LogP contribution >= 0.6 is 0 Å². The van der Waals surface area contributed by atoms with Gasteiger partial charge < -0.3 is 0 Å². The van der Waals surface area contributed by atoms with Gasteiger partial charge >= 0.3 is 0 Å². The van der Waals surface area contributed by atoms with Gasteiger partial charge in [-0.15, -0.1) is 48.5 Å². The van der Waals surface area contributed by atoms with E-state index in [1.54, 1.807) is 0 Å². The summed E-state index contributed by atoms with van der Waals surface area (Å²) in [5.74, 6) is 0. The van der Waals surface area contributed by atoms with Crippen LogP contribution in [0.4, 0.5) is 0 Å². The molecule has 4 rings (SSSR count). The van der Waals surface area contributed by atoms with Crippen molar-refractivity contribution in [3.8, 4) is 0 Å². The molecule has 4 aromatic carbocycles. The molecule has 41 heavy (non-hydrogen) atoms. The Morgan fingerprint density at radius 1 is 0.341 bits per heavy atom. The predicted octanol–water partition coefficient (Wildman–Crippen LogP) is 2.93. The Bertz CT molecular complexity index is 1480. The summed E-state index contributed by atoms with van der Waals surface area (Å²) in [7, 11) is -16.1. The number of rotatable bonds is 4. The molecule has 0 atom stereocenters. The summed E-state index contributed by atoms with van der Waals surface area (Å²) < 4.78 is 117. The van der Waals surface area contributed by atoms with Gasteiger partial charge in [-0.2, -0.15) is 106 Å². The van der Waals surface area contributed by atoms with Crippen LogP contribution < -0.4 is 0 Å². The minimum atomic E-state index is -4.02. The summed E-state index contributed by atoms with van der Waals surface area (Å²) in [6, 6.07) is 32.1. The molecule has 0 aliphatic carbocycles. The first kappa shape index (κ1) is 38.0. The van der Waals surface area contributed by atoms with E-state index in [4.69, 9.17) is 18.2 Å². The van der Waals surface area contributed by atoms with Gasteiger partial charge in [-0.25, -0.2) is 0 Å². The molecule has 0 aliphatic heterocycles. The predicted molar refractivity (Wildman–Crippen MR) is 140 cm³/mol. The van der Waals surface area contributed by atoms with Crippen LogP contribution in [0.3, 0.4) is 0 Å². The van der Waals surface area contributed by atoms with Crippen molar-refractivity contribution >= 4 is 40.5 Å². The van der Waals surface area contributed by atoms with E-state index in [-0.39, 0.29) is 36.1 Å². The van der Waals surface area contributed by atoms with Gasteiger partial charge in [-0.3, -0.25) is 18.2 Å². The molecular weight excluding hydrogens is 667 g/mol. The number of hydrogen-bond acceptors (Lipinski definition) is 8. The molecule has 226 valence electrons. The van der Waals surface area contributed by atoms with Crippen LogP contribution in [0.1, 0.15) is 0 Å². The van der Waals surface area contributed by atoms with Gasteiger partial charge in [0.1, 0.15) is 0 Å². The molecule has 0 amide bonds. The van der Waals surface area contributed by atoms with Crippen LogP contribution in [0.5, 0.6) is 0 Å². The van der Waals surface area contributed by atoms with E-state index in [2.05, 4.69) is 24.3 Å². The van der Waals surface area contributed by atoms with Gasteiger partial charge in [0.2, 0.25) is 0 Å². The van der Waals surface area contributed by atoms with E-state index in [0.29, 0.717) is 0 Å². The Morgan fingerprint density at radius 3 is 0.537 bits per heavy atom. The van der Waals surface area contributed by atoms with Gasteiger partial charge in [0, 0.05) is 16.5 Å². The van der Waals surface area contributed by atoms with E-state index >= 15 is 0 Å². The SMILES string of the molecule is O=S(=O)(O)c1cc[c-]cc1.O=S(=O)(O)c1cc[c-]cc1.O=S(=O)(O)c1cc[c-]cc1.O=S(=O)(O)c1cc[c-]cc1.[Ni]. The molecule has 0 spiro atoms. The molecule has 0 bridgehead atoms. The Hall–Kier alpha value is -2.99. The Morgan fingerprint density at radius 2 is 0.463 bits per heavy atom. The second-order valence-corrected chi connectivity index (χ2v) is 12.5. The monoisotopic (exact) mass is 686 g/mol. The summed E-state index contributed by atoms with van der Waals surface area (Å²) in [6.07, 6.45) is 0. The Kier molecular flexibility index (Phi) is 15.8. The average molecular weight is 687 g/mol. The average Bonchev–Trinajstić information content (AvgIpc) is 2.90. The first-order chi connectivity index (χ1) is 18.4. The molecule has 0 aromatic heterocycles. The summed E-state index contributed by atoms with van der Waals surface area (Å²) in [5, 5.41) is 0. The zero-order valence-electron chi connectivity index (χ0n) is 20.2. The summed E-state index contributed by atoms with van der Waals surface area (Å²) in [4.78, 5) is -0.421. The molecule has 0 saturated carbocycles. The third-order valence-electron chi connectivity index (χ3n) is 3.94. The molecule has 12 nitrogen and oxygen atoms in total. The molecule has 0 fully saturated rings. The van der Waals surface area contributed by atoms with Crippen molar-refractivity contribution in [3.05, 3.63) is 121 Å². The molecule has 4 N–H and O–H groups in total. The van der Waals surface area contributed by atoms with E-state index in [9.17, 15) is 33.7 Å². The quantitative estimate of drug-likeness (QED) is 0.138. The van der Waals surface area contributed by atoms with E-state index in [1.165, 1.54) is 97.1 Å². The summed E-state index contributed by atoms with van der Waals surface area (Å²) in [6.45, 7) is 0. The van der Waals surface area contributed by atoms with Crippen molar-refractivity contribution in [2.45, 2.75) is 19.6 Å². The van der Waals surface area contributed by atoms with Crippen LogP contribution in [0.2, 0.25) is 0 Å². The van der Waals surface area contributed by atoms with Crippen molar-refractivity contribution in [3.63, 3.8) is 0 Å². The normalized spacial score (nSPS) is 11.0. The van der Waals surface area contributed by atoms with Crippen molar-refractivity contribution in [2.24, 2.45) is 0 Å². The smallest absolute Gasteiger partial charge is 0.271 e. The van der Waals surface area contributed by atoms with Crippen LogP contribution in [-0.2, 0) is 57.0 Å². The van der Waals surface area contributed by atoms with Gasteiger partial charge in [-0.05, 0) is 19.6 Å². The second-order valence-electron chi connectivity index (χ2n) is 6.84. The second kappa shape index (κ2) is 17.1. The maximum absolute atomic E-state index is 10.4. The topological polar surface area (TPSA) is 217 Å². The summed E-state index contributed by atoms with van der Waals surface area (Å²) >= 11 is 0. The van der Waals surface area contributed by atoms with E-state index in [1.807, 2.05) is 0 Å². The fraction of sp³-hybridized carbons (Fsp3) is 0. The first-order valence-electron chi connectivity index (χ1n) is 10.2. The fourth-order valence-corrected chi connectivity index (χ4v) is 4.09. The maximum Gasteiger partial charge on any atom is 0.271 e. The zero-order valence-corrected chi connectivity index (χ0v) is 24.5. The molecule has 17 heteroatoms. The van der Waals surface area contributed by atoms with Crippen molar-refractivity contribution in [1.82, 2.24) is 0 Å². The van der Waals surface area contributed by atoms with E-state index < -0.39 is 40.5 Å². The van der Waals surface area contributed by atoms with Crippen molar-refractivity contribution < 1.29 is 68.4 Å². The van der Waals surface area contributed by atoms with Gasteiger partial charge in [0.05, 0.1) is 0 Å². The molecule has 4 aromatic rings. The minimum Gasteiger partial charge on any atom is -0.283 e. The number of hydrogen-bond donors (Lipinski definition) is 4.